The molecule has 0 bridgehead atoms. The molecule has 1 aliphatic rings. The quantitative estimate of drug-likeness (QED) is 0.719. The lowest BCUT2D eigenvalue weighted by molar-refractivity contribution is -0.143. The Labute approximate surface area is 156 Å². The highest BCUT2D eigenvalue weighted by atomic mass is 32.2. The van der Waals surface area contributed by atoms with Crippen LogP contribution in [-0.2, 0) is 27.0 Å². The summed E-state index contributed by atoms with van der Waals surface area (Å²) in [5.74, 6) is -1.55. The summed E-state index contributed by atoms with van der Waals surface area (Å²) in [5.41, 5.74) is -3.56. The standard InChI is InChI=1S/C16H17F6NO4S/c1-2-13(14(24)25)28(26,27)10-5-6-23(8-10)12-4-3-9(15(17,18)19)7-11(12)16(20,21)22/h3-4,7,10,13H,2,5-6,8H2,1H3,(H,24,25). The first-order chi connectivity index (χ1) is 12.7. The molecule has 1 saturated heterocycles. The Bertz CT molecular complexity index is 850. The number of alkyl halides is 6. The monoisotopic (exact) mass is 433 g/mol. The molecule has 2 unspecified atom stereocenters. The lowest BCUT2D eigenvalue weighted by Crippen LogP contribution is -2.39. The first-order valence-electron chi connectivity index (χ1n) is 8.18. The highest BCUT2D eigenvalue weighted by Crippen LogP contribution is 2.42. The van der Waals surface area contributed by atoms with Gasteiger partial charge >= 0.3 is 18.3 Å². The molecule has 0 radical (unpaired) electrons. The molecule has 0 aromatic heterocycles. The molecule has 1 aromatic carbocycles. The van der Waals surface area contributed by atoms with E-state index in [4.69, 9.17) is 5.11 Å². The highest BCUT2D eigenvalue weighted by molar-refractivity contribution is 7.93. The molecule has 0 aliphatic carbocycles. The second-order valence-corrected chi connectivity index (χ2v) is 8.82. The van der Waals surface area contributed by atoms with Crippen LogP contribution in [-0.4, -0.2) is 43.1 Å². The molecular formula is C16H17F6NO4S. The molecule has 2 atom stereocenters. The summed E-state index contributed by atoms with van der Waals surface area (Å²) in [7, 11) is -4.17. The van der Waals surface area contributed by atoms with Crippen molar-refractivity contribution in [1.82, 2.24) is 0 Å². The lowest BCUT2D eigenvalue weighted by atomic mass is 10.1. The third kappa shape index (κ3) is 4.36. The molecule has 0 saturated carbocycles. The van der Waals surface area contributed by atoms with Gasteiger partial charge in [-0.15, -0.1) is 0 Å². The van der Waals surface area contributed by atoms with Crippen LogP contribution < -0.4 is 4.90 Å². The van der Waals surface area contributed by atoms with E-state index in [1.54, 1.807) is 0 Å². The first-order valence-corrected chi connectivity index (χ1v) is 9.79. The predicted octanol–water partition coefficient (Wildman–Crippen LogP) is 3.58. The van der Waals surface area contributed by atoms with Crippen molar-refractivity contribution in [3.8, 4) is 0 Å². The molecule has 5 nitrogen and oxygen atoms in total. The van der Waals surface area contributed by atoms with Gasteiger partial charge in [-0.05, 0) is 31.0 Å². The van der Waals surface area contributed by atoms with Crippen LogP contribution in [0.25, 0.3) is 0 Å². The fraction of sp³-hybridized carbons (Fsp3) is 0.562. The summed E-state index contributed by atoms with van der Waals surface area (Å²) in [6.45, 7) is 0.773. The zero-order chi connectivity index (χ0) is 21.5. The molecule has 0 spiro atoms. The second kappa shape index (κ2) is 7.45. The van der Waals surface area contributed by atoms with E-state index in [9.17, 15) is 39.6 Å². The molecule has 158 valence electrons. The number of benzene rings is 1. The van der Waals surface area contributed by atoms with Gasteiger partial charge in [0.05, 0.1) is 16.4 Å². The number of carbonyl (C=O) groups is 1. The van der Waals surface area contributed by atoms with Crippen molar-refractivity contribution in [2.24, 2.45) is 0 Å². The van der Waals surface area contributed by atoms with Crippen molar-refractivity contribution in [2.45, 2.75) is 42.6 Å². The lowest BCUT2D eigenvalue weighted by Gasteiger charge is -2.24. The second-order valence-electron chi connectivity index (χ2n) is 6.41. The Morgan fingerprint density at radius 1 is 1.21 bits per heavy atom. The fourth-order valence-corrected chi connectivity index (χ4v) is 5.24. The van der Waals surface area contributed by atoms with Gasteiger partial charge in [-0.1, -0.05) is 6.92 Å². The number of anilines is 1. The van der Waals surface area contributed by atoms with Crippen LogP contribution in [0.5, 0.6) is 0 Å². The Kier molecular flexibility index (Phi) is 5.94. The van der Waals surface area contributed by atoms with Gasteiger partial charge in [0, 0.05) is 18.8 Å². The summed E-state index contributed by atoms with van der Waals surface area (Å²) in [6, 6.07) is 1.15. The van der Waals surface area contributed by atoms with Crippen LogP contribution in [0, 0.1) is 0 Å². The Morgan fingerprint density at radius 2 is 1.82 bits per heavy atom. The minimum Gasteiger partial charge on any atom is -0.480 e. The van der Waals surface area contributed by atoms with E-state index >= 15 is 0 Å². The Balaban J connectivity index is 2.39. The third-order valence-corrected chi connectivity index (χ3v) is 7.26. The van der Waals surface area contributed by atoms with Crippen LogP contribution in [0.1, 0.15) is 30.9 Å². The normalized spacial score (nSPS) is 19.7. The molecule has 12 heteroatoms. The molecular weight excluding hydrogens is 416 g/mol. The number of carboxylic acid groups (broad SMARTS) is 1. The molecule has 1 heterocycles. The van der Waals surface area contributed by atoms with Crippen molar-refractivity contribution >= 4 is 21.5 Å². The van der Waals surface area contributed by atoms with E-state index < -0.39 is 62.0 Å². The van der Waals surface area contributed by atoms with Gasteiger partial charge < -0.3 is 10.0 Å². The van der Waals surface area contributed by atoms with Gasteiger partial charge in [0.25, 0.3) is 0 Å². The van der Waals surface area contributed by atoms with Crippen LogP contribution in [0.3, 0.4) is 0 Å². The van der Waals surface area contributed by atoms with Gasteiger partial charge in [-0.25, -0.2) is 8.42 Å². The number of hydrogen-bond donors (Lipinski definition) is 1. The summed E-state index contributed by atoms with van der Waals surface area (Å²) in [5, 5.41) is 6.15. The Hall–Kier alpha value is -1.98. The maximum atomic E-state index is 13.3. The molecule has 1 aliphatic heterocycles. The summed E-state index contributed by atoms with van der Waals surface area (Å²) in [6.07, 6.45) is -10.4. The largest absolute Gasteiger partial charge is 0.480 e. The summed E-state index contributed by atoms with van der Waals surface area (Å²) < 4.78 is 103. The maximum absolute atomic E-state index is 13.3. The van der Waals surface area contributed by atoms with Crippen molar-refractivity contribution in [1.29, 1.82) is 0 Å². The maximum Gasteiger partial charge on any atom is 0.418 e. The number of sulfone groups is 1. The summed E-state index contributed by atoms with van der Waals surface area (Å²) >= 11 is 0. The molecule has 1 N–H and O–H groups in total. The van der Waals surface area contributed by atoms with E-state index in [0.717, 1.165) is 4.90 Å². The number of nitrogens with zero attached hydrogens (tertiary/aromatic N) is 1. The zero-order valence-corrected chi connectivity index (χ0v) is 15.3. The van der Waals surface area contributed by atoms with Gasteiger partial charge in [0.15, 0.2) is 15.1 Å². The molecule has 0 amide bonds. The number of hydrogen-bond acceptors (Lipinski definition) is 4. The van der Waals surface area contributed by atoms with Crippen molar-refractivity contribution < 1.29 is 44.7 Å². The molecule has 1 aromatic rings. The average Bonchev–Trinajstić information content (AvgIpc) is 3.03. The number of aliphatic carboxylic acids is 1. The van der Waals surface area contributed by atoms with Crippen LogP contribution in [0.15, 0.2) is 18.2 Å². The van der Waals surface area contributed by atoms with Crippen molar-refractivity contribution in [3.05, 3.63) is 29.3 Å². The zero-order valence-electron chi connectivity index (χ0n) is 14.5. The first kappa shape index (κ1) is 22.3. The number of rotatable bonds is 5. The third-order valence-electron chi connectivity index (χ3n) is 4.62. The molecule has 2 rings (SSSR count). The van der Waals surface area contributed by atoms with Crippen LogP contribution in [0.4, 0.5) is 32.0 Å². The average molecular weight is 433 g/mol. The SMILES string of the molecule is CCC(C(=O)O)S(=O)(=O)C1CCN(c2ccc(C(F)(F)F)cc2C(F)(F)F)C1. The summed E-state index contributed by atoms with van der Waals surface area (Å²) in [4.78, 5) is 12.2. The minimum atomic E-state index is -5.08. The van der Waals surface area contributed by atoms with Crippen molar-refractivity contribution in [3.63, 3.8) is 0 Å². The van der Waals surface area contributed by atoms with Crippen LogP contribution >= 0.6 is 0 Å². The van der Waals surface area contributed by atoms with Crippen LogP contribution in [0.2, 0.25) is 0 Å². The van der Waals surface area contributed by atoms with Gasteiger partial charge in [-0.2, -0.15) is 26.3 Å². The highest BCUT2D eigenvalue weighted by Gasteiger charge is 2.44. The van der Waals surface area contributed by atoms with E-state index in [2.05, 4.69) is 0 Å². The fourth-order valence-electron chi connectivity index (χ4n) is 3.21. The van der Waals surface area contributed by atoms with Gasteiger partial charge in [0.2, 0.25) is 0 Å². The topological polar surface area (TPSA) is 74.7 Å². The molecule has 1 fully saturated rings. The predicted molar refractivity (Wildman–Crippen MR) is 87.7 cm³/mol. The van der Waals surface area contributed by atoms with E-state index in [-0.39, 0.29) is 25.5 Å². The van der Waals surface area contributed by atoms with E-state index in [1.165, 1.54) is 6.92 Å². The minimum absolute atomic E-state index is 0.0107. The Morgan fingerprint density at radius 3 is 2.29 bits per heavy atom. The number of halogens is 6. The molecule has 28 heavy (non-hydrogen) atoms. The van der Waals surface area contributed by atoms with Gasteiger partial charge in [-0.3, -0.25) is 4.79 Å². The van der Waals surface area contributed by atoms with E-state index in [1.807, 2.05) is 0 Å². The number of carboxylic acids is 1. The van der Waals surface area contributed by atoms with Crippen molar-refractivity contribution in [2.75, 3.05) is 18.0 Å². The van der Waals surface area contributed by atoms with Gasteiger partial charge in [0.1, 0.15) is 0 Å². The smallest absolute Gasteiger partial charge is 0.418 e. The van der Waals surface area contributed by atoms with E-state index in [0.29, 0.717) is 12.1 Å².